The van der Waals surface area contributed by atoms with Gasteiger partial charge >= 0.3 is 0 Å². The minimum Gasteiger partial charge on any atom is -0.333 e. The fourth-order valence-corrected chi connectivity index (χ4v) is 4.15. The molecule has 106 valence electrons. The third-order valence-electron chi connectivity index (χ3n) is 5.25. The van der Waals surface area contributed by atoms with Crippen LogP contribution in [0, 0.1) is 5.92 Å². The highest BCUT2D eigenvalue weighted by Crippen LogP contribution is 2.33. The maximum absolute atomic E-state index is 4.21. The molecule has 0 aromatic carbocycles. The van der Waals surface area contributed by atoms with Crippen molar-refractivity contribution in [2.24, 2.45) is 5.92 Å². The van der Waals surface area contributed by atoms with Crippen molar-refractivity contribution in [3.05, 3.63) is 18.7 Å². The van der Waals surface area contributed by atoms with Gasteiger partial charge in [-0.3, -0.25) is 0 Å². The average Bonchev–Trinajstić information content (AvgIpc) is 3.09. The minimum absolute atomic E-state index is 0.627. The molecular weight excluding hydrogens is 234 g/mol. The largest absolute Gasteiger partial charge is 0.333 e. The summed E-state index contributed by atoms with van der Waals surface area (Å²) >= 11 is 0. The first-order chi connectivity index (χ1) is 9.38. The van der Waals surface area contributed by atoms with Crippen LogP contribution in [0.2, 0.25) is 0 Å². The molecule has 2 saturated carbocycles. The normalized spacial score (nSPS) is 35.6. The second-order valence-corrected chi connectivity index (χ2v) is 6.34. The van der Waals surface area contributed by atoms with Gasteiger partial charge in [-0.15, -0.1) is 0 Å². The van der Waals surface area contributed by atoms with Crippen LogP contribution in [-0.2, 0) is 0 Å². The molecule has 4 unspecified atom stereocenters. The molecule has 0 radical (unpaired) electrons. The molecule has 1 N–H and O–H groups in total. The lowest BCUT2D eigenvalue weighted by atomic mass is 9.82. The van der Waals surface area contributed by atoms with E-state index in [1.165, 1.54) is 51.4 Å². The van der Waals surface area contributed by atoms with Gasteiger partial charge in [0.2, 0.25) is 0 Å². The molecule has 0 aliphatic heterocycles. The molecule has 0 saturated heterocycles. The summed E-state index contributed by atoms with van der Waals surface area (Å²) < 4.78 is 2.31. The first-order valence-electron chi connectivity index (χ1n) is 8.12. The van der Waals surface area contributed by atoms with Crippen molar-refractivity contribution in [1.29, 1.82) is 0 Å². The molecule has 1 heterocycles. The minimum atomic E-state index is 0.627. The van der Waals surface area contributed by atoms with Crippen LogP contribution in [0.15, 0.2) is 18.7 Å². The zero-order valence-corrected chi connectivity index (χ0v) is 12.1. The highest BCUT2D eigenvalue weighted by Gasteiger charge is 2.32. The van der Waals surface area contributed by atoms with E-state index < -0.39 is 0 Å². The van der Waals surface area contributed by atoms with Crippen LogP contribution >= 0.6 is 0 Å². The van der Waals surface area contributed by atoms with Gasteiger partial charge in [0.05, 0.1) is 6.33 Å². The van der Waals surface area contributed by atoms with Gasteiger partial charge in [0.25, 0.3) is 0 Å². The zero-order valence-electron chi connectivity index (χ0n) is 12.1. The van der Waals surface area contributed by atoms with Crippen LogP contribution < -0.4 is 5.32 Å². The number of aromatic nitrogens is 2. The van der Waals surface area contributed by atoms with E-state index in [1.54, 1.807) is 0 Å². The van der Waals surface area contributed by atoms with Gasteiger partial charge in [0.1, 0.15) is 0 Å². The summed E-state index contributed by atoms with van der Waals surface area (Å²) in [5.74, 6) is 0.901. The van der Waals surface area contributed by atoms with Crippen molar-refractivity contribution in [1.82, 2.24) is 14.9 Å². The van der Waals surface area contributed by atoms with Crippen LogP contribution in [0.5, 0.6) is 0 Å². The van der Waals surface area contributed by atoms with Crippen molar-refractivity contribution in [2.75, 3.05) is 0 Å². The van der Waals surface area contributed by atoms with Crippen LogP contribution in [0.3, 0.4) is 0 Å². The second kappa shape index (κ2) is 6.08. The smallest absolute Gasteiger partial charge is 0.0949 e. The fourth-order valence-electron chi connectivity index (χ4n) is 4.15. The second-order valence-electron chi connectivity index (χ2n) is 6.34. The van der Waals surface area contributed by atoms with Gasteiger partial charge in [-0.1, -0.05) is 26.2 Å². The van der Waals surface area contributed by atoms with Crippen LogP contribution in [-0.4, -0.2) is 21.6 Å². The van der Waals surface area contributed by atoms with E-state index in [0.29, 0.717) is 12.1 Å². The van der Waals surface area contributed by atoms with E-state index in [9.17, 15) is 0 Å². The monoisotopic (exact) mass is 261 g/mol. The van der Waals surface area contributed by atoms with Gasteiger partial charge in [-0.2, -0.15) is 0 Å². The Morgan fingerprint density at radius 1 is 1.11 bits per heavy atom. The Hall–Kier alpha value is -0.830. The van der Waals surface area contributed by atoms with Crippen LogP contribution in [0.25, 0.3) is 0 Å². The van der Waals surface area contributed by atoms with E-state index >= 15 is 0 Å². The number of hydrogen-bond donors (Lipinski definition) is 1. The molecule has 3 nitrogen and oxygen atoms in total. The molecule has 2 aliphatic rings. The predicted octanol–water partition coefficient (Wildman–Crippen LogP) is 3.54. The van der Waals surface area contributed by atoms with Crippen molar-refractivity contribution in [3.63, 3.8) is 0 Å². The Labute approximate surface area is 116 Å². The summed E-state index contributed by atoms with van der Waals surface area (Å²) in [6, 6.07) is 2.04. The van der Waals surface area contributed by atoms with E-state index in [2.05, 4.69) is 28.0 Å². The molecule has 1 aromatic rings. The number of rotatable bonds is 4. The zero-order chi connectivity index (χ0) is 13.1. The number of nitrogens with one attached hydrogen (secondary N) is 1. The molecular formula is C16H27N3. The molecule has 3 heteroatoms. The summed E-state index contributed by atoms with van der Waals surface area (Å²) in [6.45, 7) is 2.35. The maximum Gasteiger partial charge on any atom is 0.0949 e. The maximum atomic E-state index is 4.21. The molecule has 19 heavy (non-hydrogen) atoms. The molecule has 0 spiro atoms. The Kier molecular flexibility index (Phi) is 4.21. The number of imidazole rings is 1. The molecule has 1 aromatic heterocycles. The summed E-state index contributed by atoms with van der Waals surface area (Å²) in [6.07, 6.45) is 17.0. The highest BCUT2D eigenvalue weighted by molar-refractivity contribution is 4.94. The van der Waals surface area contributed by atoms with Gasteiger partial charge in [-0.25, -0.2) is 4.98 Å². The van der Waals surface area contributed by atoms with Crippen molar-refractivity contribution in [2.45, 2.75) is 76.4 Å². The predicted molar refractivity (Wildman–Crippen MR) is 78.1 cm³/mol. The molecule has 0 amide bonds. The highest BCUT2D eigenvalue weighted by atomic mass is 15.1. The standard InChI is InChI=1S/C16H27N3/c1-2-13-6-3-4-7-14(13)18-15-8-5-9-16(15)19-11-10-17-12-19/h10-16,18H,2-9H2,1H3. The Balaban J connectivity index is 1.64. The quantitative estimate of drug-likeness (QED) is 0.898. The lowest BCUT2D eigenvalue weighted by molar-refractivity contribution is 0.221. The van der Waals surface area contributed by atoms with E-state index in [4.69, 9.17) is 0 Å². The summed E-state index contributed by atoms with van der Waals surface area (Å²) in [7, 11) is 0. The third kappa shape index (κ3) is 2.86. The van der Waals surface area contributed by atoms with E-state index in [-0.39, 0.29) is 0 Å². The third-order valence-corrected chi connectivity index (χ3v) is 5.25. The topological polar surface area (TPSA) is 29.9 Å². The SMILES string of the molecule is CCC1CCCCC1NC1CCCC1n1ccnc1. The van der Waals surface area contributed by atoms with E-state index in [1.807, 2.05) is 12.5 Å². The summed E-state index contributed by atoms with van der Waals surface area (Å²) in [5.41, 5.74) is 0. The van der Waals surface area contributed by atoms with E-state index in [0.717, 1.165) is 12.0 Å². The lowest BCUT2D eigenvalue weighted by Crippen LogP contribution is -2.46. The molecule has 4 atom stereocenters. The van der Waals surface area contributed by atoms with Gasteiger partial charge in [0, 0.05) is 30.5 Å². The van der Waals surface area contributed by atoms with Crippen LogP contribution in [0.4, 0.5) is 0 Å². The molecule has 2 fully saturated rings. The summed E-state index contributed by atoms with van der Waals surface area (Å²) in [4.78, 5) is 4.21. The Morgan fingerprint density at radius 3 is 2.74 bits per heavy atom. The molecule has 0 bridgehead atoms. The van der Waals surface area contributed by atoms with Gasteiger partial charge < -0.3 is 9.88 Å². The lowest BCUT2D eigenvalue weighted by Gasteiger charge is -2.35. The fraction of sp³-hybridized carbons (Fsp3) is 0.812. The molecule has 2 aliphatic carbocycles. The number of nitrogens with zero attached hydrogens (tertiary/aromatic N) is 2. The van der Waals surface area contributed by atoms with Crippen molar-refractivity contribution in [3.8, 4) is 0 Å². The van der Waals surface area contributed by atoms with Crippen molar-refractivity contribution >= 4 is 0 Å². The summed E-state index contributed by atoms with van der Waals surface area (Å²) in [5, 5.41) is 4.01. The Bertz CT molecular complexity index is 373. The molecule has 3 rings (SSSR count). The average molecular weight is 261 g/mol. The van der Waals surface area contributed by atoms with Gasteiger partial charge in [0.15, 0.2) is 0 Å². The first kappa shape index (κ1) is 13.2. The Morgan fingerprint density at radius 2 is 1.95 bits per heavy atom. The van der Waals surface area contributed by atoms with Crippen molar-refractivity contribution < 1.29 is 0 Å². The first-order valence-corrected chi connectivity index (χ1v) is 8.12. The van der Waals surface area contributed by atoms with Gasteiger partial charge in [-0.05, 0) is 38.0 Å². The van der Waals surface area contributed by atoms with Crippen LogP contribution in [0.1, 0.15) is 64.3 Å². The number of hydrogen-bond acceptors (Lipinski definition) is 2.